The number of rotatable bonds is 6. The summed E-state index contributed by atoms with van der Waals surface area (Å²) < 4.78 is 18.6. The first-order chi connectivity index (χ1) is 12.9. The second kappa shape index (κ2) is 7.94. The van der Waals surface area contributed by atoms with Gasteiger partial charge in [-0.05, 0) is 37.5 Å². The van der Waals surface area contributed by atoms with E-state index in [9.17, 15) is 14.0 Å². The van der Waals surface area contributed by atoms with Gasteiger partial charge in [-0.25, -0.2) is 4.39 Å². The van der Waals surface area contributed by atoms with Crippen LogP contribution in [0, 0.1) is 12.7 Å². The van der Waals surface area contributed by atoms with Crippen molar-refractivity contribution in [2.75, 3.05) is 6.54 Å². The third-order valence-corrected chi connectivity index (χ3v) is 5.44. The Morgan fingerprint density at radius 1 is 1.19 bits per heavy atom. The summed E-state index contributed by atoms with van der Waals surface area (Å²) in [6.07, 6.45) is 6.19. The fourth-order valence-electron chi connectivity index (χ4n) is 4.01. The highest BCUT2D eigenvalue weighted by Gasteiger charge is 2.35. The van der Waals surface area contributed by atoms with Crippen LogP contribution in [0.5, 0.6) is 0 Å². The minimum atomic E-state index is -1.05. The molecule has 0 unspecified atom stereocenters. The van der Waals surface area contributed by atoms with Crippen LogP contribution in [0.25, 0.3) is 0 Å². The summed E-state index contributed by atoms with van der Waals surface area (Å²) in [5, 5.41) is 12.0. The summed E-state index contributed by atoms with van der Waals surface area (Å²) in [5.41, 5.74) is 1.70. The van der Waals surface area contributed by atoms with Gasteiger partial charge in [-0.15, -0.1) is 0 Å². The van der Waals surface area contributed by atoms with Gasteiger partial charge in [0.05, 0.1) is 11.8 Å². The molecule has 5 nitrogen and oxygen atoms in total. The molecule has 1 aromatic carbocycles. The van der Waals surface area contributed by atoms with E-state index in [2.05, 4.69) is 5.32 Å². The van der Waals surface area contributed by atoms with Crippen molar-refractivity contribution < 1.29 is 23.5 Å². The second-order valence-electron chi connectivity index (χ2n) is 7.32. The predicted molar refractivity (Wildman–Crippen MR) is 98.3 cm³/mol. The minimum absolute atomic E-state index is 0.164. The summed E-state index contributed by atoms with van der Waals surface area (Å²) in [7, 11) is 0. The average Bonchev–Trinajstić information content (AvgIpc) is 3.00. The van der Waals surface area contributed by atoms with E-state index in [0.29, 0.717) is 17.7 Å². The van der Waals surface area contributed by atoms with Crippen LogP contribution < -0.4 is 5.32 Å². The number of benzene rings is 1. The molecule has 0 aliphatic heterocycles. The topological polar surface area (TPSA) is 79.5 Å². The number of hydrogen-bond acceptors (Lipinski definition) is 3. The van der Waals surface area contributed by atoms with E-state index in [0.717, 1.165) is 37.7 Å². The summed E-state index contributed by atoms with van der Waals surface area (Å²) in [6.45, 7) is 2.15. The Bertz CT molecular complexity index is 819. The van der Waals surface area contributed by atoms with Crippen LogP contribution in [0.4, 0.5) is 4.39 Å². The highest BCUT2D eigenvalue weighted by atomic mass is 19.1. The van der Waals surface area contributed by atoms with E-state index in [1.54, 1.807) is 19.1 Å². The molecule has 1 heterocycles. The van der Waals surface area contributed by atoms with E-state index in [1.165, 1.54) is 18.4 Å². The molecule has 1 fully saturated rings. The third kappa shape index (κ3) is 4.21. The molecule has 2 N–H and O–H groups in total. The Labute approximate surface area is 157 Å². The lowest BCUT2D eigenvalue weighted by Crippen LogP contribution is -2.42. The normalized spacial score (nSPS) is 16.1. The van der Waals surface area contributed by atoms with Gasteiger partial charge < -0.3 is 14.8 Å². The maximum absolute atomic E-state index is 13.3. The molecule has 1 aromatic heterocycles. The number of furan rings is 1. The van der Waals surface area contributed by atoms with Crippen molar-refractivity contribution in [3.05, 3.63) is 58.8 Å². The molecule has 1 aliphatic carbocycles. The van der Waals surface area contributed by atoms with Crippen LogP contribution in [0.1, 0.15) is 59.3 Å². The number of carbonyl (C=O) groups is 2. The van der Waals surface area contributed by atoms with Crippen molar-refractivity contribution in [2.45, 2.75) is 50.9 Å². The predicted octanol–water partition coefficient (Wildman–Crippen LogP) is 3.99. The maximum atomic E-state index is 13.3. The highest BCUT2D eigenvalue weighted by Crippen LogP contribution is 2.39. The molecule has 144 valence electrons. The van der Waals surface area contributed by atoms with Crippen molar-refractivity contribution in [3.63, 3.8) is 0 Å². The first-order valence-corrected chi connectivity index (χ1v) is 9.24. The van der Waals surface area contributed by atoms with Crippen molar-refractivity contribution in [1.29, 1.82) is 0 Å². The van der Waals surface area contributed by atoms with E-state index >= 15 is 0 Å². The van der Waals surface area contributed by atoms with Crippen molar-refractivity contribution >= 4 is 11.9 Å². The van der Waals surface area contributed by atoms with Crippen LogP contribution in [0.3, 0.4) is 0 Å². The first-order valence-electron chi connectivity index (χ1n) is 9.24. The van der Waals surface area contributed by atoms with E-state index in [1.807, 2.05) is 0 Å². The number of amides is 1. The zero-order valence-corrected chi connectivity index (χ0v) is 15.4. The zero-order chi connectivity index (χ0) is 19.4. The smallest absolute Gasteiger partial charge is 0.311 e. The van der Waals surface area contributed by atoms with Gasteiger partial charge in [0, 0.05) is 17.5 Å². The van der Waals surface area contributed by atoms with Gasteiger partial charge in [-0.2, -0.15) is 0 Å². The molecule has 0 atom stereocenters. The summed E-state index contributed by atoms with van der Waals surface area (Å²) in [6, 6.07) is 6.51. The number of carboxylic acids is 1. The second-order valence-corrected chi connectivity index (χ2v) is 7.32. The van der Waals surface area contributed by atoms with Gasteiger partial charge >= 0.3 is 5.97 Å². The van der Waals surface area contributed by atoms with E-state index < -0.39 is 5.97 Å². The van der Waals surface area contributed by atoms with E-state index in [4.69, 9.17) is 9.52 Å². The molecular weight excluding hydrogens is 349 g/mol. The third-order valence-electron chi connectivity index (χ3n) is 5.44. The zero-order valence-electron chi connectivity index (χ0n) is 15.4. The molecule has 1 amide bonds. The van der Waals surface area contributed by atoms with Gasteiger partial charge in [0.15, 0.2) is 0 Å². The Hall–Kier alpha value is -2.63. The van der Waals surface area contributed by atoms with Crippen LogP contribution in [0.2, 0.25) is 0 Å². The van der Waals surface area contributed by atoms with Gasteiger partial charge in [-0.3, -0.25) is 9.59 Å². The van der Waals surface area contributed by atoms with Crippen LogP contribution in [0.15, 0.2) is 34.9 Å². The molecule has 0 bridgehead atoms. The summed E-state index contributed by atoms with van der Waals surface area (Å²) in [5.74, 6) is -1.49. The standard InChI is InChI=1S/C21H24FNO4/c1-14-12-27-17(11-18(24)25)19(14)20(26)23-13-21(9-3-2-4-10-21)15-5-7-16(22)8-6-15/h5-8,12H,2-4,9-11,13H2,1H3,(H,23,26)(H,24,25). The lowest BCUT2D eigenvalue weighted by atomic mass is 9.69. The molecule has 0 spiro atoms. The number of aliphatic carboxylic acids is 1. The van der Waals surface area contributed by atoms with Gasteiger partial charge in [-0.1, -0.05) is 31.4 Å². The van der Waals surface area contributed by atoms with Gasteiger partial charge in [0.1, 0.15) is 18.0 Å². The number of halogens is 1. The highest BCUT2D eigenvalue weighted by molar-refractivity contribution is 5.97. The first kappa shape index (κ1) is 19.1. The molecule has 2 aromatic rings. The molecular formula is C21H24FNO4. The molecule has 1 aliphatic rings. The summed E-state index contributed by atoms with van der Waals surface area (Å²) >= 11 is 0. The van der Waals surface area contributed by atoms with Crippen LogP contribution in [-0.2, 0) is 16.6 Å². The van der Waals surface area contributed by atoms with Crippen LogP contribution >= 0.6 is 0 Å². The number of nitrogens with one attached hydrogen (secondary N) is 1. The van der Waals surface area contributed by atoms with Crippen molar-refractivity contribution in [2.24, 2.45) is 0 Å². The summed E-state index contributed by atoms with van der Waals surface area (Å²) in [4.78, 5) is 23.8. The molecule has 0 radical (unpaired) electrons. The SMILES string of the molecule is Cc1coc(CC(=O)O)c1C(=O)NCC1(c2ccc(F)cc2)CCCCC1. The molecule has 1 saturated carbocycles. The molecule has 0 saturated heterocycles. The lowest BCUT2D eigenvalue weighted by Gasteiger charge is -2.38. The molecule has 6 heteroatoms. The maximum Gasteiger partial charge on any atom is 0.311 e. The Morgan fingerprint density at radius 3 is 2.48 bits per heavy atom. The van der Waals surface area contributed by atoms with Crippen molar-refractivity contribution in [1.82, 2.24) is 5.32 Å². The van der Waals surface area contributed by atoms with Crippen LogP contribution in [-0.4, -0.2) is 23.5 Å². The Kier molecular flexibility index (Phi) is 5.63. The number of aryl methyl sites for hydroxylation is 1. The monoisotopic (exact) mass is 373 g/mol. The largest absolute Gasteiger partial charge is 0.481 e. The van der Waals surface area contributed by atoms with Gasteiger partial charge in [0.25, 0.3) is 5.91 Å². The number of carboxylic acid groups (broad SMARTS) is 1. The molecule has 3 rings (SSSR count). The number of carbonyl (C=O) groups excluding carboxylic acids is 1. The minimum Gasteiger partial charge on any atom is -0.481 e. The Balaban J connectivity index is 1.80. The molecule has 27 heavy (non-hydrogen) atoms. The van der Waals surface area contributed by atoms with Crippen molar-refractivity contribution in [3.8, 4) is 0 Å². The fraction of sp³-hybridized carbons (Fsp3) is 0.429. The Morgan fingerprint density at radius 2 is 1.85 bits per heavy atom. The van der Waals surface area contributed by atoms with E-state index in [-0.39, 0.29) is 29.3 Å². The fourth-order valence-corrected chi connectivity index (χ4v) is 4.01. The average molecular weight is 373 g/mol. The lowest BCUT2D eigenvalue weighted by molar-refractivity contribution is -0.136. The number of hydrogen-bond donors (Lipinski definition) is 2. The van der Waals surface area contributed by atoms with Gasteiger partial charge in [0.2, 0.25) is 0 Å². The quantitative estimate of drug-likeness (QED) is 0.802.